The van der Waals surface area contributed by atoms with E-state index < -0.39 is 9.24 Å². The Balaban J connectivity index is 2.10. The van der Waals surface area contributed by atoms with E-state index in [1.54, 1.807) is 0 Å². The molecule has 1 unspecified atom stereocenters. The Hall–Kier alpha value is 0.200. The average Bonchev–Trinajstić information content (AvgIpc) is 2.73. The van der Waals surface area contributed by atoms with Crippen LogP contribution < -0.4 is 0 Å². The first-order valence-corrected chi connectivity index (χ1v) is 7.57. The standard InChI is InChI=1S/C9H16ClNO2S/c10-14(12,13)11-7-3-6-9(11)8-4-1-2-5-8/h8-9H,1-7H2. The first-order valence-electron chi connectivity index (χ1n) is 5.30. The monoisotopic (exact) mass is 237 g/mol. The lowest BCUT2D eigenvalue weighted by molar-refractivity contribution is 0.292. The molecule has 3 nitrogen and oxygen atoms in total. The van der Waals surface area contributed by atoms with E-state index in [1.807, 2.05) is 0 Å². The SMILES string of the molecule is O=S(=O)(Cl)N1CCCC1C1CCCC1. The number of hydrogen-bond acceptors (Lipinski definition) is 2. The Labute approximate surface area is 90.0 Å². The van der Waals surface area contributed by atoms with E-state index in [4.69, 9.17) is 10.7 Å². The molecule has 2 aliphatic rings. The fourth-order valence-electron chi connectivity index (χ4n) is 2.85. The topological polar surface area (TPSA) is 37.4 Å². The predicted octanol–water partition coefficient (Wildman–Crippen LogP) is 2.12. The molecule has 0 N–H and O–H groups in total. The lowest BCUT2D eigenvalue weighted by Gasteiger charge is -2.25. The molecule has 0 aromatic rings. The highest BCUT2D eigenvalue weighted by Gasteiger charge is 2.38. The van der Waals surface area contributed by atoms with Crippen LogP contribution in [0, 0.1) is 5.92 Å². The van der Waals surface area contributed by atoms with E-state index >= 15 is 0 Å². The minimum atomic E-state index is -3.48. The molecule has 2 rings (SSSR count). The van der Waals surface area contributed by atoms with Crippen LogP contribution in [0.4, 0.5) is 0 Å². The molecule has 14 heavy (non-hydrogen) atoms. The van der Waals surface area contributed by atoms with Crippen molar-refractivity contribution in [2.75, 3.05) is 6.54 Å². The van der Waals surface area contributed by atoms with Crippen molar-refractivity contribution in [1.29, 1.82) is 0 Å². The maximum Gasteiger partial charge on any atom is 0.300 e. The smallest absolute Gasteiger partial charge is 0.195 e. The van der Waals surface area contributed by atoms with Crippen molar-refractivity contribution in [3.05, 3.63) is 0 Å². The van der Waals surface area contributed by atoms with Gasteiger partial charge in [-0.3, -0.25) is 0 Å². The Morgan fingerprint density at radius 1 is 1.07 bits per heavy atom. The predicted molar refractivity (Wildman–Crippen MR) is 56.5 cm³/mol. The largest absolute Gasteiger partial charge is 0.300 e. The van der Waals surface area contributed by atoms with E-state index in [0.717, 1.165) is 12.8 Å². The summed E-state index contributed by atoms with van der Waals surface area (Å²) < 4.78 is 24.1. The summed E-state index contributed by atoms with van der Waals surface area (Å²) in [6.45, 7) is 0.618. The summed E-state index contributed by atoms with van der Waals surface area (Å²) in [7, 11) is 1.93. The van der Waals surface area contributed by atoms with Crippen LogP contribution in [0.5, 0.6) is 0 Å². The molecule has 0 radical (unpaired) electrons. The van der Waals surface area contributed by atoms with Gasteiger partial charge in [-0.15, -0.1) is 0 Å². The van der Waals surface area contributed by atoms with Crippen molar-refractivity contribution < 1.29 is 8.42 Å². The van der Waals surface area contributed by atoms with Gasteiger partial charge < -0.3 is 0 Å². The molecule has 1 saturated carbocycles. The van der Waals surface area contributed by atoms with E-state index in [9.17, 15) is 8.42 Å². The van der Waals surface area contributed by atoms with Crippen LogP contribution in [0.15, 0.2) is 0 Å². The summed E-state index contributed by atoms with van der Waals surface area (Å²) in [5.41, 5.74) is 0. The van der Waals surface area contributed by atoms with E-state index in [2.05, 4.69) is 0 Å². The van der Waals surface area contributed by atoms with Crippen molar-refractivity contribution in [3.63, 3.8) is 0 Å². The van der Waals surface area contributed by atoms with Gasteiger partial charge in [0.25, 0.3) is 9.24 Å². The summed E-state index contributed by atoms with van der Waals surface area (Å²) in [5.74, 6) is 0.561. The van der Waals surface area contributed by atoms with Gasteiger partial charge in [0.15, 0.2) is 0 Å². The van der Waals surface area contributed by atoms with Gasteiger partial charge in [-0.2, -0.15) is 12.7 Å². The van der Waals surface area contributed by atoms with Crippen LogP contribution in [0.1, 0.15) is 38.5 Å². The lowest BCUT2D eigenvalue weighted by atomic mass is 9.97. The zero-order valence-electron chi connectivity index (χ0n) is 8.15. The Bertz CT molecular complexity index is 298. The van der Waals surface area contributed by atoms with E-state index in [-0.39, 0.29) is 6.04 Å². The van der Waals surface area contributed by atoms with Crippen molar-refractivity contribution in [3.8, 4) is 0 Å². The second-order valence-electron chi connectivity index (χ2n) is 4.31. The average molecular weight is 238 g/mol. The first-order chi connectivity index (χ1) is 6.59. The number of rotatable bonds is 2. The van der Waals surface area contributed by atoms with Gasteiger partial charge in [0.1, 0.15) is 0 Å². The normalized spacial score (nSPS) is 31.4. The highest BCUT2D eigenvalue weighted by molar-refractivity contribution is 8.11. The third kappa shape index (κ3) is 2.07. The van der Waals surface area contributed by atoms with Crippen LogP contribution in [-0.4, -0.2) is 25.3 Å². The van der Waals surface area contributed by atoms with Gasteiger partial charge in [-0.05, 0) is 31.6 Å². The van der Waals surface area contributed by atoms with Crippen LogP contribution in [0.2, 0.25) is 0 Å². The van der Waals surface area contributed by atoms with Gasteiger partial charge in [-0.1, -0.05) is 12.8 Å². The van der Waals surface area contributed by atoms with Crippen LogP contribution in [0.3, 0.4) is 0 Å². The molecule has 82 valence electrons. The third-order valence-electron chi connectivity index (χ3n) is 3.47. The molecule has 1 atom stereocenters. The van der Waals surface area contributed by atoms with Gasteiger partial charge in [0.2, 0.25) is 0 Å². The zero-order chi connectivity index (χ0) is 10.2. The van der Waals surface area contributed by atoms with Crippen molar-refractivity contribution in [2.24, 2.45) is 5.92 Å². The maximum absolute atomic E-state index is 11.3. The third-order valence-corrected chi connectivity index (χ3v) is 5.02. The quantitative estimate of drug-likeness (QED) is 0.690. The second-order valence-corrected chi connectivity index (χ2v) is 6.77. The van der Waals surface area contributed by atoms with Crippen molar-refractivity contribution >= 4 is 19.9 Å². The Morgan fingerprint density at radius 2 is 1.71 bits per heavy atom. The summed E-state index contributed by atoms with van der Waals surface area (Å²) in [4.78, 5) is 0. The summed E-state index contributed by atoms with van der Waals surface area (Å²) in [6.07, 6.45) is 6.81. The highest BCUT2D eigenvalue weighted by Crippen LogP contribution is 2.37. The Kier molecular flexibility index (Phi) is 3.05. The molecule has 1 saturated heterocycles. The lowest BCUT2D eigenvalue weighted by Crippen LogP contribution is -2.36. The van der Waals surface area contributed by atoms with Gasteiger partial charge in [0.05, 0.1) is 0 Å². The molecule has 1 heterocycles. The molecule has 0 spiro atoms. The van der Waals surface area contributed by atoms with E-state index in [0.29, 0.717) is 12.5 Å². The molecule has 1 aliphatic heterocycles. The van der Waals surface area contributed by atoms with Crippen molar-refractivity contribution in [2.45, 2.75) is 44.6 Å². The highest BCUT2D eigenvalue weighted by atomic mass is 35.7. The number of hydrogen-bond donors (Lipinski definition) is 0. The van der Waals surface area contributed by atoms with Gasteiger partial charge >= 0.3 is 0 Å². The van der Waals surface area contributed by atoms with E-state index in [1.165, 1.54) is 30.0 Å². The minimum absolute atomic E-state index is 0.194. The van der Waals surface area contributed by atoms with Crippen LogP contribution in [0.25, 0.3) is 0 Å². The van der Waals surface area contributed by atoms with Gasteiger partial charge in [-0.25, -0.2) is 0 Å². The van der Waals surface area contributed by atoms with Crippen LogP contribution >= 0.6 is 10.7 Å². The molecule has 1 aliphatic carbocycles. The zero-order valence-corrected chi connectivity index (χ0v) is 9.73. The molecule has 0 aromatic heterocycles. The fraction of sp³-hybridized carbons (Fsp3) is 1.00. The molecule has 5 heteroatoms. The molecular weight excluding hydrogens is 222 g/mol. The first kappa shape index (κ1) is 10.7. The fourth-order valence-corrected chi connectivity index (χ4v) is 4.31. The van der Waals surface area contributed by atoms with Crippen LogP contribution in [-0.2, 0) is 9.24 Å². The van der Waals surface area contributed by atoms with Crippen molar-refractivity contribution in [1.82, 2.24) is 4.31 Å². The summed E-state index contributed by atoms with van der Waals surface area (Å²) >= 11 is 0. The van der Waals surface area contributed by atoms with Gasteiger partial charge in [0, 0.05) is 23.3 Å². The minimum Gasteiger partial charge on any atom is -0.195 e. The molecule has 0 amide bonds. The molecule has 0 bridgehead atoms. The maximum atomic E-state index is 11.3. The second kappa shape index (κ2) is 3.99. The molecular formula is C9H16ClNO2S. The molecule has 0 aromatic carbocycles. The summed E-state index contributed by atoms with van der Waals surface area (Å²) in [5, 5.41) is 0. The summed E-state index contributed by atoms with van der Waals surface area (Å²) in [6, 6.07) is 0.194. The number of nitrogens with zero attached hydrogens (tertiary/aromatic N) is 1. The molecule has 2 fully saturated rings. The number of halogens is 1. The Morgan fingerprint density at radius 3 is 2.29 bits per heavy atom.